The van der Waals surface area contributed by atoms with E-state index in [9.17, 15) is 18.0 Å². The van der Waals surface area contributed by atoms with E-state index in [1.807, 2.05) is 0 Å². The second-order valence-electron chi connectivity index (χ2n) is 5.55. The Morgan fingerprint density at radius 2 is 1.90 bits per heavy atom. The van der Waals surface area contributed by atoms with Crippen LogP contribution in [-0.4, -0.2) is 54.6 Å². The first-order valence-electron chi connectivity index (χ1n) is 6.80. The average molecular weight is 304 g/mol. The molecule has 2 unspecified atom stereocenters. The number of carboxylic acids is 1. The standard InChI is InChI=1S/C12H20N2O5S/c1-20(18,19)14-7-3-2-4-9(14)11(15)13-10(12(16)17)8-5-6-8/h8-10H,2-7H2,1H3,(H,13,15)(H,16,17). The summed E-state index contributed by atoms with van der Waals surface area (Å²) in [7, 11) is -3.46. The van der Waals surface area contributed by atoms with Crippen molar-refractivity contribution >= 4 is 21.9 Å². The van der Waals surface area contributed by atoms with Gasteiger partial charge in [-0.2, -0.15) is 4.31 Å². The molecule has 0 aromatic rings. The van der Waals surface area contributed by atoms with Crippen LogP contribution >= 0.6 is 0 Å². The Balaban J connectivity index is 2.07. The Bertz CT molecular complexity index is 500. The molecule has 1 amide bonds. The van der Waals surface area contributed by atoms with Crippen LogP contribution in [0.25, 0.3) is 0 Å². The van der Waals surface area contributed by atoms with Crippen LogP contribution in [-0.2, 0) is 19.6 Å². The number of aliphatic carboxylic acids is 1. The Morgan fingerprint density at radius 3 is 2.40 bits per heavy atom. The maximum Gasteiger partial charge on any atom is 0.326 e. The van der Waals surface area contributed by atoms with E-state index >= 15 is 0 Å². The molecule has 1 saturated heterocycles. The zero-order chi connectivity index (χ0) is 14.9. The van der Waals surface area contributed by atoms with E-state index in [-0.39, 0.29) is 5.92 Å². The highest BCUT2D eigenvalue weighted by atomic mass is 32.2. The molecule has 0 aromatic carbocycles. The molecule has 2 fully saturated rings. The molecule has 1 aliphatic carbocycles. The summed E-state index contributed by atoms with van der Waals surface area (Å²) in [5.74, 6) is -1.57. The molecule has 114 valence electrons. The molecule has 8 heteroatoms. The number of piperidine rings is 1. The van der Waals surface area contributed by atoms with E-state index in [4.69, 9.17) is 5.11 Å². The molecule has 1 aliphatic heterocycles. The Kier molecular flexibility index (Phi) is 4.33. The number of nitrogens with zero attached hydrogens (tertiary/aromatic N) is 1. The lowest BCUT2D eigenvalue weighted by molar-refractivity contribution is -0.143. The van der Waals surface area contributed by atoms with E-state index in [0.29, 0.717) is 13.0 Å². The molecule has 2 rings (SSSR count). The average Bonchev–Trinajstić information content (AvgIpc) is 3.18. The van der Waals surface area contributed by atoms with E-state index in [0.717, 1.165) is 31.9 Å². The van der Waals surface area contributed by atoms with Crippen molar-refractivity contribution in [3.8, 4) is 0 Å². The highest BCUT2D eigenvalue weighted by Crippen LogP contribution is 2.33. The SMILES string of the molecule is CS(=O)(=O)N1CCCCC1C(=O)NC(C(=O)O)C1CC1. The predicted molar refractivity (Wildman–Crippen MR) is 71.5 cm³/mol. The van der Waals surface area contributed by atoms with Gasteiger partial charge >= 0.3 is 5.97 Å². The first-order chi connectivity index (χ1) is 9.30. The molecule has 1 saturated carbocycles. The molecule has 7 nitrogen and oxygen atoms in total. The first-order valence-corrected chi connectivity index (χ1v) is 8.65. The smallest absolute Gasteiger partial charge is 0.326 e. The number of hydrogen-bond donors (Lipinski definition) is 2. The molecule has 2 atom stereocenters. The van der Waals surface area contributed by atoms with Gasteiger partial charge in [-0.25, -0.2) is 13.2 Å². The summed E-state index contributed by atoms with van der Waals surface area (Å²) >= 11 is 0. The number of carboxylic acid groups (broad SMARTS) is 1. The third kappa shape index (κ3) is 3.49. The van der Waals surface area contributed by atoms with Gasteiger partial charge in [-0.1, -0.05) is 6.42 Å². The molecule has 2 N–H and O–H groups in total. The first kappa shape index (κ1) is 15.2. The molecule has 0 aromatic heterocycles. The fourth-order valence-electron chi connectivity index (χ4n) is 2.62. The molecule has 0 bridgehead atoms. The molecule has 0 spiro atoms. The summed E-state index contributed by atoms with van der Waals surface area (Å²) in [6, 6.07) is -1.68. The van der Waals surface area contributed by atoms with Crippen molar-refractivity contribution in [2.45, 2.75) is 44.2 Å². The summed E-state index contributed by atoms with van der Waals surface area (Å²) in [5, 5.41) is 11.6. The number of amides is 1. The van der Waals surface area contributed by atoms with E-state index < -0.39 is 34.0 Å². The van der Waals surface area contributed by atoms with Gasteiger partial charge in [-0.15, -0.1) is 0 Å². The van der Waals surface area contributed by atoms with Crippen molar-refractivity contribution in [1.29, 1.82) is 0 Å². The highest BCUT2D eigenvalue weighted by molar-refractivity contribution is 7.88. The molecule has 20 heavy (non-hydrogen) atoms. The molecule has 1 heterocycles. The quantitative estimate of drug-likeness (QED) is 0.731. The fraction of sp³-hybridized carbons (Fsp3) is 0.833. The molecular weight excluding hydrogens is 284 g/mol. The van der Waals surface area contributed by atoms with Crippen molar-refractivity contribution in [3.63, 3.8) is 0 Å². The molecule has 2 aliphatic rings. The lowest BCUT2D eigenvalue weighted by Gasteiger charge is -2.33. The van der Waals surface area contributed by atoms with E-state index in [2.05, 4.69) is 5.32 Å². The lowest BCUT2D eigenvalue weighted by atomic mass is 10.0. The molecule has 0 radical (unpaired) electrons. The Labute approximate surface area is 118 Å². The maximum absolute atomic E-state index is 12.2. The number of rotatable bonds is 5. The highest BCUT2D eigenvalue weighted by Gasteiger charge is 2.41. The minimum Gasteiger partial charge on any atom is -0.480 e. The van der Waals surface area contributed by atoms with Crippen LogP contribution in [0, 0.1) is 5.92 Å². The second-order valence-corrected chi connectivity index (χ2v) is 7.48. The zero-order valence-electron chi connectivity index (χ0n) is 11.4. The minimum absolute atomic E-state index is 0.0216. The van der Waals surface area contributed by atoms with Crippen LogP contribution in [0.4, 0.5) is 0 Å². The van der Waals surface area contributed by atoms with Gasteiger partial charge in [-0.3, -0.25) is 4.79 Å². The summed E-state index contributed by atoms with van der Waals surface area (Å²) in [6.07, 6.45) is 4.59. The summed E-state index contributed by atoms with van der Waals surface area (Å²) in [4.78, 5) is 23.4. The molecular formula is C12H20N2O5S. The fourth-order valence-corrected chi connectivity index (χ4v) is 3.75. The lowest BCUT2D eigenvalue weighted by Crippen LogP contribution is -2.55. The Morgan fingerprint density at radius 1 is 1.25 bits per heavy atom. The van der Waals surface area contributed by atoms with Crippen molar-refractivity contribution in [2.24, 2.45) is 5.92 Å². The van der Waals surface area contributed by atoms with Gasteiger partial charge in [0, 0.05) is 6.54 Å². The van der Waals surface area contributed by atoms with E-state index in [1.165, 1.54) is 4.31 Å². The summed E-state index contributed by atoms with van der Waals surface area (Å²) in [6.45, 7) is 0.318. The maximum atomic E-state index is 12.2. The predicted octanol–water partition coefficient (Wildman–Crippen LogP) is -0.220. The van der Waals surface area contributed by atoms with Gasteiger partial charge in [-0.05, 0) is 31.6 Å². The number of sulfonamides is 1. The van der Waals surface area contributed by atoms with Gasteiger partial charge in [0.25, 0.3) is 0 Å². The largest absolute Gasteiger partial charge is 0.480 e. The van der Waals surface area contributed by atoms with Crippen LogP contribution in [0.15, 0.2) is 0 Å². The van der Waals surface area contributed by atoms with Crippen LogP contribution in [0.1, 0.15) is 32.1 Å². The number of carbonyl (C=O) groups is 2. The van der Waals surface area contributed by atoms with Crippen LogP contribution in [0.5, 0.6) is 0 Å². The zero-order valence-corrected chi connectivity index (χ0v) is 12.2. The summed E-state index contributed by atoms with van der Waals surface area (Å²) in [5.41, 5.74) is 0. The van der Waals surface area contributed by atoms with Gasteiger partial charge in [0.2, 0.25) is 15.9 Å². The van der Waals surface area contributed by atoms with Gasteiger partial charge in [0.05, 0.1) is 6.26 Å². The van der Waals surface area contributed by atoms with Crippen molar-refractivity contribution < 1.29 is 23.1 Å². The number of carbonyl (C=O) groups excluding carboxylic acids is 1. The van der Waals surface area contributed by atoms with Crippen LogP contribution < -0.4 is 5.32 Å². The van der Waals surface area contributed by atoms with Crippen molar-refractivity contribution in [3.05, 3.63) is 0 Å². The van der Waals surface area contributed by atoms with Gasteiger partial charge in [0.15, 0.2) is 0 Å². The topological polar surface area (TPSA) is 104 Å². The Hall–Kier alpha value is -1.15. The monoisotopic (exact) mass is 304 g/mol. The summed E-state index contributed by atoms with van der Waals surface area (Å²) < 4.78 is 24.6. The van der Waals surface area contributed by atoms with Crippen molar-refractivity contribution in [2.75, 3.05) is 12.8 Å². The normalized spacial score (nSPS) is 25.9. The van der Waals surface area contributed by atoms with Crippen LogP contribution in [0.2, 0.25) is 0 Å². The van der Waals surface area contributed by atoms with Gasteiger partial charge < -0.3 is 10.4 Å². The van der Waals surface area contributed by atoms with Crippen molar-refractivity contribution in [1.82, 2.24) is 9.62 Å². The second kappa shape index (κ2) is 5.69. The van der Waals surface area contributed by atoms with Crippen LogP contribution in [0.3, 0.4) is 0 Å². The number of nitrogens with one attached hydrogen (secondary N) is 1. The minimum atomic E-state index is -3.46. The number of hydrogen-bond acceptors (Lipinski definition) is 4. The third-order valence-corrected chi connectivity index (χ3v) is 5.13. The third-order valence-electron chi connectivity index (χ3n) is 3.84. The van der Waals surface area contributed by atoms with E-state index in [1.54, 1.807) is 0 Å². The van der Waals surface area contributed by atoms with Gasteiger partial charge in [0.1, 0.15) is 12.1 Å².